The summed E-state index contributed by atoms with van der Waals surface area (Å²) in [5.74, 6) is 0. The normalized spacial score (nSPS) is 18.1. The molecule has 0 unspecified atom stereocenters. The van der Waals surface area contributed by atoms with Gasteiger partial charge in [0, 0.05) is 6.54 Å². The molecular weight excluding hydrogens is 230 g/mol. The average Bonchev–Trinajstić information content (AvgIpc) is 2.32. The predicted octanol–water partition coefficient (Wildman–Crippen LogP) is 4.31. The molecule has 2 rings (SSSR count). The molecule has 1 aromatic carbocycles. The average molecular weight is 259 g/mol. The first kappa shape index (κ1) is 14.6. The summed E-state index contributed by atoms with van der Waals surface area (Å²) >= 11 is 0. The van der Waals surface area contributed by atoms with Crippen LogP contribution in [-0.4, -0.2) is 13.1 Å². The van der Waals surface area contributed by atoms with Gasteiger partial charge in [-0.1, -0.05) is 58.4 Å². The Balaban J connectivity index is 2.02. The van der Waals surface area contributed by atoms with Gasteiger partial charge in [-0.15, -0.1) is 0 Å². The van der Waals surface area contributed by atoms with Crippen molar-refractivity contribution in [3.8, 4) is 0 Å². The summed E-state index contributed by atoms with van der Waals surface area (Å²) in [6.07, 6.45) is 5.43. The van der Waals surface area contributed by atoms with E-state index in [4.69, 9.17) is 0 Å². The largest absolute Gasteiger partial charge is 0.316 e. The van der Waals surface area contributed by atoms with E-state index in [9.17, 15) is 0 Å². The van der Waals surface area contributed by atoms with Gasteiger partial charge in [0.05, 0.1) is 0 Å². The van der Waals surface area contributed by atoms with E-state index in [0.29, 0.717) is 5.41 Å². The van der Waals surface area contributed by atoms with E-state index in [1.54, 1.807) is 0 Å². The molecular formula is C18H29N. The van der Waals surface area contributed by atoms with Gasteiger partial charge >= 0.3 is 0 Å². The molecule has 1 fully saturated rings. The van der Waals surface area contributed by atoms with Gasteiger partial charge in [-0.05, 0) is 47.8 Å². The zero-order valence-corrected chi connectivity index (χ0v) is 13.1. The van der Waals surface area contributed by atoms with E-state index < -0.39 is 0 Å². The van der Waals surface area contributed by atoms with Crippen LogP contribution < -0.4 is 5.32 Å². The van der Waals surface area contributed by atoms with Crippen molar-refractivity contribution in [1.29, 1.82) is 0 Å². The van der Waals surface area contributed by atoms with Crippen molar-refractivity contribution in [2.45, 2.75) is 58.8 Å². The highest BCUT2D eigenvalue weighted by molar-refractivity contribution is 5.28. The molecule has 0 heterocycles. The van der Waals surface area contributed by atoms with E-state index in [2.05, 4.69) is 57.3 Å². The summed E-state index contributed by atoms with van der Waals surface area (Å²) in [6.45, 7) is 11.3. The van der Waals surface area contributed by atoms with Crippen LogP contribution >= 0.6 is 0 Å². The van der Waals surface area contributed by atoms with E-state index in [-0.39, 0.29) is 5.41 Å². The molecule has 1 aliphatic carbocycles. The second-order valence-corrected chi connectivity index (χ2v) is 7.26. The minimum Gasteiger partial charge on any atom is -0.316 e. The molecule has 1 heteroatoms. The molecule has 1 nitrogen and oxygen atoms in total. The zero-order chi connectivity index (χ0) is 13.9. The maximum Gasteiger partial charge on any atom is 0.00109 e. The van der Waals surface area contributed by atoms with E-state index in [1.807, 2.05) is 0 Å². The van der Waals surface area contributed by atoms with E-state index in [0.717, 1.165) is 6.54 Å². The van der Waals surface area contributed by atoms with Crippen LogP contribution in [0, 0.1) is 5.41 Å². The minimum absolute atomic E-state index is 0.260. The second kappa shape index (κ2) is 5.66. The molecule has 0 aliphatic heterocycles. The standard InChI is InChI=1S/C18H29N/c1-5-19-14-18(11-6-12-18)13-15-7-9-16(10-8-15)17(2,3)4/h7-10,19H,5-6,11-14H2,1-4H3. The first-order chi connectivity index (χ1) is 8.95. The lowest BCUT2D eigenvalue weighted by molar-refractivity contribution is 0.131. The molecule has 1 N–H and O–H groups in total. The van der Waals surface area contributed by atoms with Gasteiger partial charge in [-0.3, -0.25) is 0 Å². The van der Waals surface area contributed by atoms with Crippen molar-refractivity contribution < 1.29 is 0 Å². The Kier molecular flexibility index (Phi) is 4.35. The van der Waals surface area contributed by atoms with Gasteiger partial charge in [0.1, 0.15) is 0 Å². The Morgan fingerprint density at radius 1 is 1.11 bits per heavy atom. The lowest BCUT2D eigenvalue weighted by Crippen LogP contribution is -2.41. The first-order valence-corrected chi connectivity index (χ1v) is 7.75. The van der Waals surface area contributed by atoms with Gasteiger partial charge in [-0.2, -0.15) is 0 Å². The minimum atomic E-state index is 0.260. The Bertz CT molecular complexity index is 393. The quantitative estimate of drug-likeness (QED) is 0.831. The summed E-state index contributed by atoms with van der Waals surface area (Å²) in [5, 5.41) is 3.55. The molecule has 0 spiro atoms. The number of rotatable bonds is 5. The highest BCUT2D eigenvalue weighted by atomic mass is 14.9. The topological polar surface area (TPSA) is 12.0 Å². The maximum atomic E-state index is 3.55. The molecule has 106 valence electrons. The Morgan fingerprint density at radius 2 is 1.74 bits per heavy atom. The summed E-state index contributed by atoms with van der Waals surface area (Å²) in [5.41, 5.74) is 3.74. The summed E-state index contributed by atoms with van der Waals surface area (Å²) in [4.78, 5) is 0. The Morgan fingerprint density at radius 3 is 2.16 bits per heavy atom. The van der Waals surface area contributed by atoms with Crippen molar-refractivity contribution in [3.63, 3.8) is 0 Å². The number of hydrogen-bond acceptors (Lipinski definition) is 1. The molecule has 1 saturated carbocycles. The van der Waals surface area contributed by atoms with Crippen LogP contribution in [0.15, 0.2) is 24.3 Å². The Hall–Kier alpha value is -0.820. The maximum absolute atomic E-state index is 3.55. The van der Waals surface area contributed by atoms with Crippen LogP contribution in [0.1, 0.15) is 58.1 Å². The van der Waals surface area contributed by atoms with Gasteiger partial charge in [0.25, 0.3) is 0 Å². The second-order valence-electron chi connectivity index (χ2n) is 7.26. The van der Waals surface area contributed by atoms with Crippen LogP contribution in [0.2, 0.25) is 0 Å². The monoisotopic (exact) mass is 259 g/mol. The predicted molar refractivity (Wildman–Crippen MR) is 83.7 cm³/mol. The van der Waals surface area contributed by atoms with Crippen LogP contribution in [0.25, 0.3) is 0 Å². The fraction of sp³-hybridized carbons (Fsp3) is 0.667. The fourth-order valence-electron chi connectivity index (χ4n) is 3.04. The molecule has 0 saturated heterocycles. The number of benzene rings is 1. The molecule has 1 aliphatic rings. The van der Waals surface area contributed by atoms with Gasteiger partial charge in [0.15, 0.2) is 0 Å². The fourth-order valence-corrected chi connectivity index (χ4v) is 3.04. The van der Waals surface area contributed by atoms with E-state index in [1.165, 1.54) is 43.4 Å². The van der Waals surface area contributed by atoms with Gasteiger partial charge in [0.2, 0.25) is 0 Å². The van der Waals surface area contributed by atoms with Crippen LogP contribution in [0.3, 0.4) is 0 Å². The van der Waals surface area contributed by atoms with Crippen molar-refractivity contribution in [2.75, 3.05) is 13.1 Å². The molecule has 0 bridgehead atoms. The van der Waals surface area contributed by atoms with E-state index >= 15 is 0 Å². The molecule has 1 aromatic rings. The molecule has 19 heavy (non-hydrogen) atoms. The van der Waals surface area contributed by atoms with Gasteiger partial charge in [-0.25, -0.2) is 0 Å². The van der Waals surface area contributed by atoms with Crippen molar-refractivity contribution >= 4 is 0 Å². The number of hydrogen-bond donors (Lipinski definition) is 1. The van der Waals surface area contributed by atoms with Crippen LogP contribution in [0.5, 0.6) is 0 Å². The number of nitrogens with one attached hydrogen (secondary N) is 1. The highest BCUT2D eigenvalue weighted by Crippen LogP contribution is 2.43. The molecule has 0 radical (unpaired) electrons. The van der Waals surface area contributed by atoms with Gasteiger partial charge < -0.3 is 5.32 Å². The zero-order valence-electron chi connectivity index (χ0n) is 13.1. The van der Waals surface area contributed by atoms with Crippen LogP contribution in [0.4, 0.5) is 0 Å². The Labute approximate surface area is 118 Å². The van der Waals surface area contributed by atoms with Crippen LogP contribution in [-0.2, 0) is 11.8 Å². The lowest BCUT2D eigenvalue weighted by atomic mass is 9.65. The van der Waals surface area contributed by atoms with Crippen molar-refractivity contribution in [1.82, 2.24) is 5.32 Å². The third kappa shape index (κ3) is 3.60. The summed E-state index contributed by atoms with van der Waals surface area (Å²) < 4.78 is 0. The smallest absolute Gasteiger partial charge is 0.00109 e. The highest BCUT2D eigenvalue weighted by Gasteiger charge is 2.36. The summed E-state index contributed by atoms with van der Waals surface area (Å²) in [6, 6.07) is 9.31. The molecule has 0 aromatic heterocycles. The summed E-state index contributed by atoms with van der Waals surface area (Å²) in [7, 11) is 0. The first-order valence-electron chi connectivity index (χ1n) is 7.75. The lowest BCUT2D eigenvalue weighted by Gasteiger charge is -2.42. The van der Waals surface area contributed by atoms with Crippen molar-refractivity contribution in [3.05, 3.63) is 35.4 Å². The third-order valence-electron chi connectivity index (χ3n) is 4.56. The molecule has 0 amide bonds. The SMILES string of the molecule is CCNCC1(Cc2ccc(C(C)(C)C)cc2)CCC1. The van der Waals surface area contributed by atoms with Crippen molar-refractivity contribution in [2.24, 2.45) is 5.41 Å². The third-order valence-corrected chi connectivity index (χ3v) is 4.56. The molecule has 0 atom stereocenters.